The van der Waals surface area contributed by atoms with Crippen LogP contribution in [0.2, 0.25) is 0 Å². The maximum absolute atomic E-state index is 12.5. The summed E-state index contributed by atoms with van der Waals surface area (Å²) in [5, 5.41) is 5.60. The predicted octanol–water partition coefficient (Wildman–Crippen LogP) is 2.79. The van der Waals surface area contributed by atoms with E-state index in [4.69, 9.17) is 18.9 Å². The number of aryl methyl sites for hydroxylation is 1. The number of hydrogen-bond acceptors (Lipinski definition) is 6. The Morgan fingerprint density at radius 1 is 0.862 bits per heavy atom. The van der Waals surface area contributed by atoms with Gasteiger partial charge in [-0.2, -0.15) is 0 Å². The molecule has 156 valence electrons. The second-order valence-corrected chi connectivity index (χ2v) is 6.27. The molecule has 0 fully saturated rings. The Balaban J connectivity index is 2.09. The average molecular weight is 402 g/mol. The molecule has 0 radical (unpaired) electrons. The number of ether oxygens (including phenoxy) is 4. The molecule has 0 aromatic heterocycles. The predicted molar refractivity (Wildman–Crippen MR) is 110 cm³/mol. The Morgan fingerprint density at radius 2 is 1.52 bits per heavy atom. The number of benzene rings is 2. The molecule has 0 unspecified atom stereocenters. The van der Waals surface area contributed by atoms with Crippen LogP contribution in [0, 0.1) is 6.92 Å². The van der Waals surface area contributed by atoms with E-state index < -0.39 is 0 Å². The average Bonchev–Trinajstić information content (AvgIpc) is 2.69. The molecule has 2 N–H and O–H groups in total. The van der Waals surface area contributed by atoms with Crippen LogP contribution >= 0.6 is 0 Å². The number of anilines is 2. The molecule has 0 atom stereocenters. The van der Waals surface area contributed by atoms with Crippen LogP contribution in [0.25, 0.3) is 0 Å². The zero-order valence-corrected chi connectivity index (χ0v) is 17.3. The topological polar surface area (TPSA) is 95.1 Å². The smallest absolute Gasteiger partial charge is 0.250 e. The monoisotopic (exact) mass is 402 g/mol. The molecule has 29 heavy (non-hydrogen) atoms. The normalized spacial score (nSPS) is 10.2. The summed E-state index contributed by atoms with van der Waals surface area (Å²) in [5.41, 5.74) is 2.83. The molecule has 0 aliphatic rings. The minimum Gasteiger partial charge on any atom is -0.493 e. The van der Waals surface area contributed by atoms with E-state index in [0.717, 1.165) is 11.1 Å². The summed E-state index contributed by atoms with van der Waals surface area (Å²) in [5.74, 6) is 1.01. The quantitative estimate of drug-likeness (QED) is 0.670. The molecule has 0 aliphatic heterocycles. The molecule has 8 nitrogen and oxygen atoms in total. The highest BCUT2D eigenvalue weighted by atomic mass is 16.5. The van der Waals surface area contributed by atoms with Gasteiger partial charge in [0.05, 0.1) is 27.8 Å². The SMILES string of the molecule is COCC(=O)Nc1ccc(NC(=O)Cc2cc(OC)c(OC)c(OC)c2)cc1C. The summed E-state index contributed by atoms with van der Waals surface area (Å²) in [7, 11) is 6.03. The van der Waals surface area contributed by atoms with Gasteiger partial charge in [-0.15, -0.1) is 0 Å². The van der Waals surface area contributed by atoms with Gasteiger partial charge in [0.1, 0.15) is 6.61 Å². The second-order valence-electron chi connectivity index (χ2n) is 6.27. The standard InChI is InChI=1S/C21H26N2O6/c1-13-8-15(6-7-16(13)23-20(25)12-26-2)22-19(24)11-14-9-17(27-3)21(29-5)18(10-14)28-4/h6-10H,11-12H2,1-5H3,(H,22,24)(H,23,25). The molecule has 2 rings (SSSR count). The van der Waals surface area contributed by atoms with Crippen molar-refractivity contribution in [3.05, 3.63) is 41.5 Å². The van der Waals surface area contributed by atoms with Crippen molar-refractivity contribution in [2.45, 2.75) is 13.3 Å². The van der Waals surface area contributed by atoms with E-state index in [9.17, 15) is 9.59 Å². The summed E-state index contributed by atoms with van der Waals surface area (Å²) >= 11 is 0. The van der Waals surface area contributed by atoms with E-state index >= 15 is 0 Å². The van der Waals surface area contributed by atoms with Crippen LogP contribution in [-0.4, -0.2) is 46.9 Å². The Morgan fingerprint density at radius 3 is 2.03 bits per heavy atom. The van der Waals surface area contributed by atoms with Crippen molar-refractivity contribution in [1.29, 1.82) is 0 Å². The third-order valence-electron chi connectivity index (χ3n) is 4.15. The van der Waals surface area contributed by atoms with Crippen molar-refractivity contribution in [1.82, 2.24) is 0 Å². The molecular weight excluding hydrogens is 376 g/mol. The Kier molecular flexibility index (Phi) is 7.85. The number of amides is 2. The number of methoxy groups -OCH3 is 4. The van der Waals surface area contributed by atoms with Crippen LogP contribution in [0.1, 0.15) is 11.1 Å². The first-order chi connectivity index (χ1) is 13.9. The number of carbonyl (C=O) groups is 2. The first-order valence-electron chi connectivity index (χ1n) is 8.90. The van der Waals surface area contributed by atoms with Crippen LogP contribution in [0.3, 0.4) is 0 Å². The largest absolute Gasteiger partial charge is 0.493 e. The molecule has 8 heteroatoms. The molecule has 0 spiro atoms. The fourth-order valence-corrected chi connectivity index (χ4v) is 2.83. The van der Waals surface area contributed by atoms with Gasteiger partial charge < -0.3 is 29.6 Å². The third-order valence-corrected chi connectivity index (χ3v) is 4.15. The van der Waals surface area contributed by atoms with Crippen LogP contribution in [-0.2, 0) is 20.7 Å². The van der Waals surface area contributed by atoms with Gasteiger partial charge in [0.2, 0.25) is 17.6 Å². The minimum absolute atomic E-state index is 0.0211. The van der Waals surface area contributed by atoms with E-state index in [1.165, 1.54) is 28.4 Å². The Labute approximate surface area is 170 Å². The molecule has 2 amide bonds. The van der Waals surface area contributed by atoms with E-state index in [2.05, 4.69) is 10.6 Å². The van der Waals surface area contributed by atoms with Crippen molar-refractivity contribution >= 4 is 23.2 Å². The molecule has 2 aromatic rings. The third kappa shape index (κ3) is 5.86. The van der Waals surface area contributed by atoms with Crippen molar-refractivity contribution in [3.63, 3.8) is 0 Å². The van der Waals surface area contributed by atoms with Gasteiger partial charge in [0.15, 0.2) is 11.5 Å². The molecule has 0 aliphatic carbocycles. The first kappa shape index (κ1) is 22.0. The number of rotatable bonds is 9. The number of nitrogens with one attached hydrogen (secondary N) is 2. The van der Waals surface area contributed by atoms with Crippen LogP contribution in [0.5, 0.6) is 17.2 Å². The van der Waals surface area contributed by atoms with Gasteiger partial charge >= 0.3 is 0 Å². The Bertz CT molecular complexity index is 856. The van der Waals surface area contributed by atoms with Crippen molar-refractivity contribution in [2.24, 2.45) is 0 Å². The zero-order chi connectivity index (χ0) is 21.4. The van der Waals surface area contributed by atoms with Gasteiger partial charge in [0, 0.05) is 18.5 Å². The maximum atomic E-state index is 12.5. The molecule has 0 saturated heterocycles. The first-order valence-corrected chi connectivity index (χ1v) is 8.90. The Hall–Kier alpha value is -3.26. The summed E-state index contributed by atoms with van der Waals surface area (Å²) in [4.78, 5) is 24.1. The molecule has 0 heterocycles. The van der Waals surface area contributed by atoms with Gasteiger partial charge in [-0.25, -0.2) is 0 Å². The van der Waals surface area contributed by atoms with Crippen molar-refractivity contribution in [2.75, 3.05) is 45.7 Å². The van der Waals surface area contributed by atoms with Crippen LogP contribution in [0.15, 0.2) is 30.3 Å². The lowest BCUT2D eigenvalue weighted by molar-refractivity contribution is -0.119. The highest BCUT2D eigenvalue weighted by molar-refractivity contribution is 5.95. The highest BCUT2D eigenvalue weighted by Crippen LogP contribution is 2.38. The van der Waals surface area contributed by atoms with Crippen LogP contribution in [0.4, 0.5) is 11.4 Å². The summed E-state index contributed by atoms with van der Waals surface area (Å²) in [6.07, 6.45) is 0.127. The van der Waals surface area contributed by atoms with Crippen molar-refractivity contribution in [3.8, 4) is 17.2 Å². The van der Waals surface area contributed by atoms with E-state index in [0.29, 0.717) is 28.6 Å². The molecule has 2 aromatic carbocycles. The maximum Gasteiger partial charge on any atom is 0.250 e. The number of hydrogen-bond donors (Lipinski definition) is 2. The summed E-state index contributed by atoms with van der Waals surface area (Å²) in [6, 6.07) is 8.72. The fraction of sp³-hybridized carbons (Fsp3) is 0.333. The van der Waals surface area contributed by atoms with E-state index in [1.807, 2.05) is 6.92 Å². The van der Waals surface area contributed by atoms with Gasteiger partial charge in [-0.3, -0.25) is 9.59 Å². The van der Waals surface area contributed by atoms with Crippen LogP contribution < -0.4 is 24.8 Å². The molecular formula is C21H26N2O6. The van der Waals surface area contributed by atoms with E-state index in [1.54, 1.807) is 30.3 Å². The zero-order valence-electron chi connectivity index (χ0n) is 17.3. The molecule has 0 bridgehead atoms. The molecule has 0 saturated carbocycles. The fourth-order valence-electron chi connectivity index (χ4n) is 2.83. The van der Waals surface area contributed by atoms with Gasteiger partial charge in [-0.1, -0.05) is 0 Å². The summed E-state index contributed by atoms with van der Waals surface area (Å²) < 4.78 is 20.7. The number of carbonyl (C=O) groups excluding carboxylic acids is 2. The lowest BCUT2D eigenvalue weighted by atomic mass is 10.1. The van der Waals surface area contributed by atoms with Gasteiger partial charge in [0.25, 0.3) is 0 Å². The highest BCUT2D eigenvalue weighted by Gasteiger charge is 2.15. The minimum atomic E-state index is -0.241. The van der Waals surface area contributed by atoms with E-state index in [-0.39, 0.29) is 24.8 Å². The second kappa shape index (κ2) is 10.3. The van der Waals surface area contributed by atoms with Crippen molar-refractivity contribution < 1.29 is 28.5 Å². The lowest BCUT2D eigenvalue weighted by Gasteiger charge is -2.14. The lowest BCUT2D eigenvalue weighted by Crippen LogP contribution is -2.18. The summed E-state index contributed by atoms with van der Waals surface area (Å²) in [6.45, 7) is 1.82. The van der Waals surface area contributed by atoms with Gasteiger partial charge in [-0.05, 0) is 48.4 Å².